The number of furan rings is 1. The summed E-state index contributed by atoms with van der Waals surface area (Å²) in [5, 5.41) is 18.0. The van der Waals surface area contributed by atoms with Gasteiger partial charge in [0.05, 0.1) is 12.1 Å². The SMILES string of the molecule is Cc1c(CNCCCCN=C(NC#N)Nc2ccncc2)oc2c1C(=O)C(=O)c1c-2ccc2c1CCCC2(C)C. The first-order valence-corrected chi connectivity index (χ1v) is 13.8. The van der Waals surface area contributed by atoms with Gasteiger partial charge in [-0.1, -0.05) is 26.0 Å². The number of hydrogen-bond acceptors (Lipinski definition) is 7. The van der Waals surface area contributed by atoms with Crippen LogP contribution in [0.25, 0.3) is 11.3 Å². The van der Waals surface area contributed by atoms with E-state index in [4.69, 9.17) is 9.68 Å². The number of nitrogens with zero attached hydrogens (tertiary/aromatic N) is 3. The van der Waals surface area contributed by atoms with Crippen LogP contribution >= 0.6 is 0 Å². The van der Waals surface area contributed by atoms with Crippen molar-refractivity contribution in [2.45, 2.75) is 64.8 Å². The summed E-state index contributed by atoms with van der Waals surface area (Å²) in [7, 11) is 0. The van der Waals surface area contributed by atoms with Crippen molar-refractivity contribution in [2.75, 3.05) is 18.4 Å². The number of aromatic nitrogens is 1. The van der Waals surface area contributed by atoms with Gasteiger partial charge in [0.1, 0.15) is 11.5 Å². The van der Waals surface area contributed by atoms with E-state index in [0.29, 0.717) is 41.7 Å². The number of nitriles is 1. The highest BCUT2D eigenvalue weighted by atomic mass is 16.3. The van der Waals surface area contributed by atoms with E-state index in [-0.39, 0.29) is 5.41 Å². The molecule has 0 spiro atoms. The van der Waals surface area contributed by atoms with Crippen molar-refractivity contribution in [3.63, 3.8) is 0 Å². The summed E-state index contributed by atoms with van der Waals surface area (Å²) in [5.74, 6) is 0.713. The van der Waals surface area contributed by atoms with E-state index in [9.17, 15) is 9.59 Å². The molecule has 5 rings (SSSR count). The number of ketones is 2. The van der Waals surface area contributed by atoms with Crippen molar-refractivity contribution in [1.29, 1.82) is 5.26 Å². The highest BCUT2D eigenvalue weighted by molar-refractivity contribution is 6.53. The molecule has 0 atom stereocenters. The molecule has 1 aromatic carbocycles. The van der Waals surface area contributed by atoms with Crippen molar-refractivity contribution >= 4 is 23.2 Å². The minimum atomic E-state index is -0.466. The van der Waals surface area contributed by atoms with Crippen LogP contribution in [0.15, 0.2) is 46.1 Å². The first-order valence-electron chi connectivity index (χ1n) is 13.8. The number of aliphatic imine (C=N–C) groups is 1. The molecule has 2 aliphatic rings. The third kappa shape index (κ3) is 5.27. The molecule has 0 saturated carbocycles. The van der Waals surface area contributed by atoms with Gasteiger partial charge < -0.3 is 15.1 Å². The number of fused-ring (bicyclic) bond motifs is 5. The van der Waals surface area contributed by atoms with Crippen molar-refractivity contribution < 1.29 is 14.0 Å². The summed E-state index contributed by atoms with van der Waals surface area (Å²) in [6.07, 6.45) is 9.77. The normalized spacial score (nSPS) is 15.6. The van der Waals surface area contributed by atoms with Crippen LogP contribution in [0, 0.1) is 18.4 Å². The van der Waals surface area contributed by atoms with E-state index in [2.05, 4.69) is 45.8 Å². The highest BCUT2D eigenvalue weighted by Crippen LogP contribution is 2.45. The Labute approximate surface area is 234 Å². The number of rotatable bonds is 8. The van der Waals surface area contributed by atoms with Gasteiger partial charge in [-0.15, -0.1) is 0 Å². The summed E-state index contributed by atoms with van der Waals surface area (Å²) in [6.45, 7) is 7.99. The van der Waals surface area contributed by atoms with Gasteiger partial charge in [0, 0.05) is 41.3 Å². The number of anilines is 1. The van der Waals surface area contributed by atoms with Gasteiger partial charge in [0.2, 0.25) is 17.5 Å². The standard InChI is InChI=1S/C31H34N6O3/c1-19-24(17-34-13-4-5-14-35-30(36-18-32)37-20-10-15-33-16-11-20)40-29-22-8-9-23-21(7-6-12-31(23,2)3)26(22)28(39)27(38)25(19)29/h8-11,15-16,34H,4-7,12-14,17H2,1-3H3,(H2,33,35,36,37). The molecule has 2 aliphatic carbocycles. The summed E-state index contributed by atoms with van der Waals surface area (Å²) in [5.41, 5.74) is 5.36. The fourth-order valence-electron chi connectivity index (χ4n) is 5.74. The topological polar surface area (TPSA) is 132 Å². The number of nitrogens with one attached hydrogen (secondary N) is 3. The van der Waals surface area contributed by atoms with E-state index in [0.717, 1.165) is 61.0 Å². The third-order valence-electron chi connectivity index (χ3n) is 7.86. The maximum Gasteiger partial charge on any atom is 0.237 e. The molecular weight excluding hydrogens is 504 g/mol. The lowest BCUT2D eigenvalue weighted by atomic mass is 9.69. The van der Waals surface area contributed by atoms with E-state index in [1.807, 2.05) is 19.2 Å². The number of benzene rings is 1. The maximum absolute atomic E-state index is 13.3. The largest absolute Gasteiger partial charge is 0.459 e. The number of hydrogen-bond donors (Lipinski definition) is 3. The molecule has 9 heteroatoms. The van der Waals surface area contributed by atoms with Gasteiger partial charge in [-0.25, -0.2) is 0 Å². The Bertz CT molecular complexity index is 1510. The molecule has 206 valence electrons. The fourth-order valence-corrected chi connectivity index (χ4v) is 5.74. The van der Waals surface area contributed by atoms with Gasteiger partial charge in [0.25, 0.3) is 0 Å². The lowest BCUT2D eigenvalue weighted by Gasteiger charge is -2.34. The van der Waals surface area contributed by atoms with Crippen LogP contribution in [0.1, 0.15) is 82.7 Å². The van der Waals surface area contributed by atoms with Crippen LogP contribution in [0.5, 0.6) is 0 Å². The van der Waals surface area contributed by atoms with Crippen LogP contribution in [0.2, 0.25) is 0 Å². The second-order valence-corrected chi connectivity index (χ2v) is 11.0. The molecule has 0 aliphatic heterocycles. The lowest BCUT2D eigenvalue weighted by Crippen LogP contribution is -2.29. The lowest BCUT2D eigenvalue weighted by molar-refractivity contribution is 0.0813. The number of Topliss-reactive ketones (excluding diaryl/α,β-unsaturated/α-hetero) is 2. The molecule has 0 saturated heterocycles. The van der Waals surface area contributed by atoms with Crippen LogP contribution < -0.4 is 16.0 Å². The van der Waals surface area contributed by atoms with Gasteiger partial charge >= 0.3 is 0 Å². The van der Waals surface area contributed by atoms with Crippen LogP contribution in [0.4, 0.5) is 5.69 Å². The molecule has 0 fully saturated rings. The molecule has 9 nitrogen and oxygen atoms in total. The van der Waals surface area contributed by atoms with E-state index in [1.54, 1.807) is 24.5 Å². The molecule has 0 unspecified atom stereocenters. The Morgan fingerprint density at radius 1 is 1.12 bits per heavy atom. The van der Waals surface area contributed by atoms with Gasteiger partial charge in [-0.05, 0) is 74.2 Å². The minimum Gasteiger partial charge on any atom is -0.459 e. The Balaban J connectivity index is 1.21. The highest BCUT2D eigenvalue weighted by Gasteiger charge is 2.40. The number of carbonyl (C=O) groups excluding carboxylic acids is 2. The minimum absolute atomic E-state index is 0.0182. The van der Waals surface area contributed by atoms with Crippen molar-refractivity contribution in [3.8, 4) is 17.5 Å². The molecule has 3 N–H and O–H groups in total. The molecule has 2 aromatic heterocycles. The molecule has 0 bridgehead atoms. The second kappa shape index (κ2) is 11.4. The smallest absolute Gasteiger partial charge is 0.237 e. The van der Waals surface area contributed by atoms with Crippen molar-refractivity contribution in [2.24, 2.45) is 4.99 Å². The summed E-state index contributed by atoms with van der Waals surface area (Å²) in [4.78, 5) is 35.0. The number of unbranched alkanes of at least 4 members (excludes halogenated alkanes) is 1. The second-order valence-electron chi connectivity index (χ2n) is 11.0. The zero-order valence-corrected chi connectivity index (χ0v) is 23.2. The monoisotopic (exact) mass is 538 g/mol. The Kier molecular flexibility index (Phi) is 7.81. The number of pyridine rings is 1. The fraction of sp³-hybridized carbons (Fsp3) is 0.387. The molecule has 2 heterocycles. The van der Waals surface area contributed by atoms with Crippen LogP contribution in [0.3, 0.4) is 0 Å². The van der Waals surface area contributed by atoms with Gasteiger partial charge in [-0.3, -0.25) is 24.9 Å². The number of carbonyl (C=O) groups is 2. The molecule has 40 heavy (non-hydrogen) atoms. The summed E-state index contributed by atoms with van der Waals surface area (Å²) in [6, 6.07) is 7.67. The predicted octanol–water partition coefficient (Wildman–Crippen LogP) is 5.05. The van der Waals surface area contributed by atoms with Crippen LogP contribution in [-0.2, 0) is 18.4 Å². The van der Waals surface area contributed by atoms with E-state index in [1.165, 1.54) is 5.56 Å². The van der Waals surface area contributed by atoms with Gasteiger partial charge in [-0.2, -0.15) is 5.26 Å². The van der Waals surface area contributed by atoms with Crippen molar-refractivity contribution in [1.82, 2.24) is 15.6 Å². The first-order chi connectivity index (χ1) is 19.3. The summed E-state index contributed by atoms with van der Waals surface area (Å²) >= 11 is 0. The zero-order valence-electron chi connectivity index (χ0n) is 23.2. The van der Waals surface area contributed by atoms with E-state index < -0.39 is 11.6 Å². The van der Waals surface area contributed by atoms with E-state index >= 15 is 0 Å². The average molecular weight is 539 g/mol. The third-order valence-corrected chi connectivity index (χ3v) is 7.86. The van der Waals surface area contributed by atoms with Crippen molar-refractivity contribution in [3.05, 3.63) is 70.2 Å². The predicted molar refractivity (Wildman–Crippen MR) is 153 cm³/mol. The average Bonchev–Trinajstić information content (AvgIpc) is 3.27. The Morgan fingerprint density at radius 2 is 1.90 bits per heavy atom. The molecular formula is C31H34N6O3. The quantitative estimate of drug-likeness (QED) is 0.0906. The maximum atomic E-state index is 13.3. The first kappa shape index (κ1) is 27.3. The molecule has 0 amide bonds. The van der Waals surface area contributed by atoms with Crippen LogP contribution in [-0.4, -0.2) is 35.6 Å². The Hall–Kier alpha value is -4.29. The molecule has 0 radical (unpaired) electrons. The zero-order chi connectivity index (χ0) is 28.3. The summed E-state index contributed by atoms with van der Waals surface area (Å²) < 4.78 is 6.26. The number of guanidine groups is 1. The Morgan fingerprint density at radius 3 is 2.67 bits per heavy atom. The van der Waals surface area contributed by atoms with Gasteiger partial charge in [0.15, 0.2) is 6.19 Å². The molecule has 3 aromatic rings.